The van der Waals surface area contributed by atoms with Gasteiger partial charge in [0.05, 0.1) is 19.1 Å². The first-order chi connectivity index (χ1) is 7.97. The molecule has 0 amide bonds. The number of halogens is 1. The lowest BCUT2D eigenvalue weighted by atomic mass is 9.86. The van der Waals surface area contributed by atoms with Crippen LogP contribution in [-0.2, 0) is 9.53 Å². The third-order valence-corrected chi connectivity index (χ3v) is 2.72. The molecule has 0 saturated carbocycles. The van der Waals surface area contributed by atoms with Crippen molar-refractivity contribution in [3.8, 4) is 0 Å². The smallest absolute Gasteiger partial charge is 0.311 e. The van der Waals surface area contributed by atoms with Gasteiger partial charge in [0.1, 0.15) is 5.82 Å². The number of aliphatic hydroxyl groups excluding tert-OH is 1. The van der Waals surface area contributed by atoms with Gasteiger partial charge in [-0.25, -0.2) is 4.39 Å². The Morgan fingerprint density at radius 1 is 1.41 bits per heavy atom. The van der Waals surface area contributed by atoms with Gasteiger partial charge in [0, 0.05) is 0 Å². The highest BCUT2D eigenvalue weighted by molar-refractivity contribution is 5.73. The van der Waals surface area contributed by atoms with E-state index in [1.54, 1.807) is 6.07 Å². The molecule has 1 aromatic rings. The summed E-state index contributed by atoms with van der Waals surface area (Å²) in [6.45, 7) is 3.62. The quantitative estimate of drug-likeness (QED) is 0.821. The minimum absolute atomic E-state index is 0.0966. The Hall–Kier alpha value is -1.42. The van der Waals surface area contributed by atoms with Crippen molar-refractivity contribution in [3.63, 3.8) is 0 Å². The number of benzene rings is 1. The van der Waals surface area contributed by atoms with Crippen LogP contribution in [0.3, 0.4) is 0 Å². The fourth-order valence-corrected chi connectivity index (χ4v) is 1.80. The van der Waals surface area contributed by atoms with Crippen molar-refractivity contribution in [2.45, 2.75) is 20.0 Å². The number of carbonyl (C=O) groups excluding carboxylic acids is 1. The van der Waals surface area contributed by atoms with Gasteiger partial charge in [0.25, 0.3) is 0 Å². The summed E-state index contributed by atoms with van der Waals surface area (Å²) in [6.07, 6.45) is -1.06. The zero-order valence-corrected chi connectivity index (χ0v) is 10.2. The van der Waals surface area contributed by atoms with Crippen LogP contribution in [0.1, 0.15) is 25.5 Å². The molecule has 0 saturated heterocycles. The van der Waals surface area contributed by atoms with Crippen LogP contribution >= 0.6 is 0 Å². The van der Waals surface area contributed by atoms with Crippen molar-refractivity contribution in [2.75, 3.05) is 7.11 Å². The van der Waals surface area contributed by atoms with Crippen LogP contribution in [-0.4, -0.2) is 18.2 Å². The highest BCUT2D eigenvalue weighted by atomic mass is 19.1. The van der Waals surface area contributed by atoms with E-state index in [9.17, 15) is 14.3 Å². The summed E-state index contributed by atoms with van der Waals surface area (Å²) >= 11 is 0. The van der Waals surface area contributed by atoms with Crippen LogP contribution in [0, 0.1) is 17.7 Å². The van der Waals surface area contributed by atoms with Gasteiger partial charge in [-0.2, -0.15) is 0 Å². The number of esters is 1. The molecule has 0 aromatic heterocycles. The van der Waals surface area contributed by atoms with Crippen molar-refractivity contribution >= 4 is 5.97 Å². The molecule has 0 aliphatic rings. The topological polar surface area (TPSA) is 46.5 Å². The lowest BCUT2D eigenvalue weighted by Gasteiger charge is -2.24. The molecule has 0 fully saturated rings. The Morgan fingerprint density at radius 3 is 2.53 bits per heavy atom. The molecule has 1 aromatic carbocycles. The molecule has 2 unspecified atom stereocenters. The first kappa shape index (κ1) is 13.6. The fraction of sp³-hybridized carbons (Fsp3) is 0.462. The third-order valence-electron chi connectivity index (χ3n) is 2.72. The number of aliphatic hydroxyl groups is 1. The molecular formula is C13H17FO3. The minimum Gasteiger partial charge on any atom is -0.469 e. The number of ether oxygens (including phenoxy) is 1. The van der Waals surface area contributed by atoms with Gasteiger partial charge in [-0.1, -0.05) is 26.0 Å². The maximum atomic E-state index is 13.0. The van der Waals surface area contributed by atoms with Crippen molar-refractivity contribution in [2.24, 2.45) is 11.8 Å². The van der Waals surface area contributed by atoms with Crippen molar-refractivity contribution < 1.29 is 19.0 Å². The van der Waals surface area contributed by atoms with Crippen LogP contribution in [0.5, 0.6) is 0 Å². The van der Waals surface area contributed by atoms with Gasteiger partial charge >= 0.3 is 5.97 Å². The van der Waals surface area contributed by atoms with Gasteiger partial charge in [-0.15, -0.1) is 0 Å². The van der Waals surface area contributed by atoms with Gasteiger partial charge in [-0.05, 0) is 23.6 Å². The Morgan fingerprint density at radius 2 is 2.06 bits per heavy atom. The molecule has 2 atom stereocenters. The SMILES string of the molecule is COC(=O)C(C(C)C)C(O)c1cccc(F)c1. The molecule has 0 radical (unpaired) electrons. The summed E-state index contributed by atoms with van der Waals surface area (Å²) in [5.74, 6) is -1.71. The maximum absolute atomic E-state index is 13.0. The number of rotatable bonds is 4. The molecule has 3 nitrogen and oxygen atoms in total. The number of carbonyl (C=O) groups is 1. The zero-order valence-electron chi connectivity index (χ0n) is 10.2. The molecule has 0 aliphatic carbocycles. The summed E-state index contributed by atoms with van der Waals surface area (Å²) in [5, 5.41) is 10.1. The third kappa shape index (κ3) is 3.27. The highest BCUT2D eigenvalue weighted by Gasteiger charge is 2.31. The minimum atomic E-state index is -1.06. The van der Waals surface area contributed by atoms with Gasteiger partial charge in [-0.3, -0.25) is 4.79 Å². The zero-order chi connectivity index (χ0) is 13.0. The first-order valence-corrected chi connectivity index (χ1v) is 5.48. The number of hydrogen-bond acceptors (Lipinski definition) is 3. The van der Waals surface area contributed by atoms with E-state index >= 15 is 0 Å². The summed E-state index contributed by atoms with van der Waals surface area (Å²) in [5.41, 5.74) is 0.383. The number of methoxy groups -OCH3 is 1. The number of hydrogen-bond donors (Lipinski definition) is 1. The highest BCUT2D eigenvalue weighted by Crippen LogP contribution is 2.29. The van der Waals surface area contributed by atoms with Gasteiger partial charge in [0.15, 0.2) is 0 Å². The second-order valence-corrected chi connectivity index (χ2v) is 4.29. The second-order valence-electron chi connectivity index (χ2n) is 4.29. The van der Waals surface area contributed by atoms with E-state index in [1.807, 2.05) is 13.8 Å². The Kier molecular flexibility index (Phi) is 4.63. The van der Waals surface area contributed by atoms with Crippen LogP contribution < -0.4 is 0 Å². The predicted octanol–water partition coefficient (Wildman–Crippen LogP) is 2.30. The van der Waals surface area contributed by atoms with Crippen molar-refractivity contribution in [1.82, 2.24) is 0 Å². The molecule has 0 bridgehead atoms. The maximum Gasteiger partial charge on any atom is 0.311 e. The van der Waals surface area contributed by atoms with Crippen LogP contribution in [0.4, 0.5) is 4.39 Å². The van der Waals surface area contributed by atoms with Crippen molar-refractivity contribution in [3.05, 3.63) is 35.6 Å². The van der Waals surface area contributed by atoms with E-state index in [0.29, 0.717) is 5.56 Å². The molecule has 0 heterocycles. The molecule has 17 heavy (non-hydrogen) atoms. The fourth-order valence-electron chi connectivity index (χ4n) is 1.80. The molecular weight excluding hydrogens is 223 g/mol. The molecule has 4 heteroatoms. The Labute approximate surface area is 100 Å². The lowest BCUT2D eigenvalue weighted by Crippen LogP contribution is -2.28. The second kappa shape index (κ2) is 5.77. The largest absolute Gasteiger partial charge is 0.469 e. The molecule has 94 valence electrons. The van der Waals surface area contributed by atoms with Gasteiger partial charge in [0.2, 0.25) is 0 Å². The summed E-state index contributed by atoms with van der Waals surface area (Å²) in [4.78, 5) is 11.6. The van der Waals surface area contributed by atoms with Crippen LogP contribution in [0.15, 0.2) is 24.3 Å². The molecule has 1 N–H and O–H groups in total. The van der Waals surface area contributed by atoms with Crippen LogP contribution in [0.25, 0.3) is 0 Å². The molecule has 1 rings (SSSR count). The average Bonchev–Trinajstić information content (AvgIpc) is 2.28. The normalized spacial score (nSPS) is 14.5. The summed E-state index contributed by atoms with van der Waals surface area (Å²) in [7, 11) is 1.27. The Bertz CT molecular complexity index is 390. The first-order valence-electron chi connectivity index (χ1n) is 5.48. The van der Waals surface area contributed by atoms with Crippen molar-refractivity contribution in [1.29, 1.82) is 0 Å². The van der Waals surface area contributed by atoms with Crippen LogP contribution in [0.2, 0.25) is 0 Å². The van der Waals surface area contributed by atoms with E-state index < -0.39 is 23.8 Å². The summed E-state index contributed by atoms with van der Waals surface area (Å²) in [6, 6.07) is 5.61. The summed E-state index contributed by atoms with van der Waals surface area (Å²) < 4.78 is 17.7. The van der Waals surface area contributed by atoms with Gasteiger partial charge < -0.3 is 9.84 Å². The molecule has 0 spiro atoms. The monoisotopic (exact) mass is 240 g/mol. The predicted molar refractivity (Wildman–Crippen MR) is 61.7 cm³/mol. The van der Waals surface area contributed by atoms with E-state index in [4.69, 9.17) is 0 Å². The van der Waals surface area contributed by atoms with E-state index in [-0.39, 0.29) is 5.92 Å². The Balaban J connectivity index is 2.99. The van der Waals surface area contributed by atoms with E-state index in [2.05, 4.69) is 4.74 Å². The lowest BCUT2D eigenvalue weighted by molar-refractivity contribution is -0.152. The standard InChI is InChI=1S/C13H17FO3/c1-8(2)11(13(16)17-3)12(15)9-5-4-6-10(14)7-9/h4-8,11-12,15H,1-3H3. The van der Waals surface area contributed by atoms with E-state index in [1.165, 1.54) is 25.3 Å². The van der Waals surface area contributed by atoms with E-state index in [0.717, 1.165) is 0 Å². The average molecular weight is 240 g/mol. The molecule has 0 aliphatic heterocycles.